The number of benzene rings is 1. The summed E-state index contributed by atoms with van der Waals surface area (Å²) < 4.78 is 5.46. The molecule has 130 valence electrons. The molecule has 1 heterocycles. The highest BCUT2D eigenvalue weighted by atomic mass is 16.6. The predicted molar refractivity (Wildman–Crippen MR) is 90.9 cm³/mol. The van der Waals surface area contributed by atoms with Crippen LogP contribution in [-0.2, 0) is 16.1 Å². The first-order valence-corrected chi connectivity index (χ1v) is 8.86. The molecule has 0 radical (unpaired) electrons. The normalized spacial score (nSPS) is 21.2. The summed E-state index contributed by atoms with van der Waals surface area (Å²) in [4.78, 5) is 25.2. The van der Waals surface area contributed by atoms with Crippen LogP contribution in [0.3, 0.4) is 0 Å². The van der Waals surface area contributed by atoms with Crippen molar-refractivity contribution < 1.29 is 14.3 Å². The van der Waals surface area contributed by atoms with Crippen molar-refractivity contribution in [1.29, 1.82) is 0 Å². The van der Waals surface area contributed by atoms with E-state index in [1.807, 2.05) is 30.3 Å². The molecule has 1 saturated heterocycles. The Bertz CT molecular complexity index is 592. The van der Waals surface area contributed by atoms with Crippen molar-refractivity contribution in [2.75, 3.05) is 0 Å². The zero-order valence-electron chi connectivity index (χ0n) is 14.5. The molecule has 1 aromatic carbocycles. The molecule has 1 saturated carbocycles. The third-order valence-corrected chi connectivity index (χ3v) is 5.03. The van der Waals surface area contributed by atoms with Gasteiger partial charge in [-0.25, -0.2) is 14.8 Å². The third-order valence-electron chi connectivity index (χ3n) is 5.03. The first-order chi connectivity index (χ1) is 11.5. The van der Waals surface area contributed by atoms with E-state index in [1.165, 1.54) is 17.9 Å². The number of amides is 2. The molecule has 1 aliphatic carbocycles. The second kappa shape index (κ2) is 6.83. The Kier molecular flexibility index (Phi) is 4.78. The molecular weight excluding hydrogens is 304 g/mol. The predicted octanol–water partition coefficient (Wildman–Crippen LogP) is 3.88. The molecular formula is C19H26N2O3. The summed E-state index contributed by atoms with van der Waals surface area (Å²) in [6.45, 7) is 3.79. The van der Waals surface area contributed by atoms with Gasteiger partial charge in [0, 0.05) is 0 Å². The van der Waals surface area contributed by atoms with Gasteiger partial charge in [-0.3, -0.25) is 4.79 Å². The topological polar surface area (TPSA) is 49.9 Å². The summed E-state index contributed by atoms with van der Waals surface area (Å²) in [5.74, 6) is 0.0195. The highest BCUT2D eigenvalue weighted by Crippen LogP contribution is 2.37. The van der Waals surface area contributed by atoms with Crippen molar-refractivity contribution in [3.8, 4) is 0 Å². The van der Waals surface area contributed by atoms with E-state index in [1.54, 1.807) is 18.9 Å². The van der Waals surface area contributed by atoms with E-state index in [0.29, 0.717) is 0 Å². The molecule has 5 heteroatoms. The maximum Gasteiger partial charge on any atom is 0.430 e. The number of ether oxygens (including phenoxy) is 1. The lowest BCUT2D eigenvalue weighted by Gasteiger charge is -2.56. The van der Waals surface area contributed by atoms with Crippen LogP contribution in [0.4, 0.5) is 4.79 Å². The summed E-state index contributed by atoms with van der Waals surface area (Å²) in [5.41, 5.74) is 0.122. The first kappa shape index (κ1) is 16.8. The van der Waals surface area contributed by atoms with Crippen LogP contribution in [-0.4, -0.2) is 33.6 Å². The van der Waals surface area contributed by atoms with E-state index in [0.717, 1.165) is 31.2 Å². The van der Waals surface area contributed by atoms with Crippen LogP contribution in [0.15, 0.2) is 30.3 Å². The Morgan fingerprint density at radius 2 is 1.75 bits per heavy atom. The van der Waals surface area contributed by atoms with Crippen LogP contribution in [0.1, 0.15) is 57.9 Å². The molecule has 1 aliphatic heterocycles. The van der Waals surface area contributed by atoms with Gasteiger partial charge in [-0.05, 0) is 32.3 Å². The number of carbonyl (C=O) groups is 2. The summed E-state index contributed by atoms with van der Waals surface area (Å²) in [6.07, 6.45) is 6.13. The summed E-state index contributed by atoms with van der Waals surface area (Å²) >= 11 is 0. The van der Waals surface area contributed by atoms with Gasteiger partial charge in [0.1, 0.15) is 12.1 Å². The lowest BCUT2D eigenvalue weighted by molar-refractivity contribution is -0.214. The van der Waals surface area contributed by atoms with Gasteiger partial charge in [-0.15, -0.1) is 0 Å². The van der Waals surface area contributed by atoms with E-state index in [4.69, 9.17) is 4.74 Å². The molecule has 0 spiro atoms. The van der Waals surface area contributed by atoms with Crippen molar-refractivity contribution in [1.82, 2.24) is 10.0 Å². The SMILES string of the molecule is CC1(C)C(=O)N(C2CCCCCC2)N1C(=O)OCc1ccccc1. The molecule has 1 aromatic rings. The minimum atomic E-state index is -0.819. The fourth-order valence-electron chi connectivity index (χ4n) is 3.61. The van der Waals surface area contributed by atoms with E-state index >= 15 is 0 Å². The molecule has 0 unspecified atom stereocenters. The molecule has 0 bridgehead atoms. The monoisotopic (exact) mass is 330 g/mol. The average molecular weight is 330 g/mol. The molecule has 0 N–H and O–H groups in total. The third kappa shape index (κ3) is 3.12. The van der Waals surface area contributed by atoms with Crippen LogP contribution in [0.25, 0.3) is 0 Å². The molecule has 24 heavy (non-hydrogen) atoms. The summed E-state index contributed by atoms with van der Waals surface area (Å²) in [6, 6.07) is 9.72. The molecule has 2 amide bonds. The Balaban J connectivity index is 1.68. The summed E-state index contributed by atoms with van der Waals surface area (Å²) in [5, 5.41) is 3.17. The second-order valence-electron chi connectivity index (χ2n) is 7.21. The van der Waals surface area contributed by atoms with Gasteiger partial charge in [0.15, 0.2) is 0 Å². The van der Waals surface area contributed by atoms with Crippen LogP contribution < -0.4 is 0 Å². The number of hydrogen-bond acceptors (Lipinski definition) is 3. The molecule has 5 nitrogen and oxygen atoms in total. The molecule has 2 fully saturated rings. The Hall–Kier alpha value is -2.04. The lowest BCUT2D eigenvalue weighted by Crippen LogP contribution is -2.78. The number of hydrazine groups is 1. The largest absolute Gasteiger partial charge is 0.443 e. The van der Waals surface area contributed by atoms with Crippen molar-refractivity contribution in [3.63, 3.8) is 0 Å². The Morgan fingerprint density at radius 3 is 2.38 bits per heavy atom. The van der Waals surface area contributed by atoms with Crippen LogP contribution in [0.5, 0.6) is 0 Å². The molecule has 0 atom stereocenters. The van der Waals surface area contributed by atoms with Crippen molar-refractivity contribution in [2.24, 2.45) is 0 Å². The molecule has 3 rings (SSSR count). The second-order valence-corrected chi connectivity index (χ2v) is 7.21. The number of rotatable bonds is 3. The van der Waals surface area contributed by atoms with Crippen LogP contribution in [0, 0.1) is 0 Å². The van der Waals surface area contributed by atoms with Gasteiger partial charge in [0.05, 0.1) is 6.04 Å². The Morgan fingerprint density at radius 1 is 1.12 bits per heavy atom. The fraction of sp³-hybridized carbons (Fsp3) is 0.579. The highest BCUT2D eigenvalue weighted by molar-refractivity contribution is 5.96. The minimum Gasteiger partial charge on any atom is -0.443 e. The van der Waals surface area contributed by atoms with E-state index < -0.39 is 11.6 Å². The zero-order chi connectivity index (χ0) is 17.2. The first-order valence-electron chi connectivity index (χ1n) is 8.86. The van der Waals surface area contributed by atoms with Crippen LogP contribution >= 0.6 is 0 Å². The smallest absolute Gasteiger partial charge is 0.430 e. The van der Waals surface area contributed by atoms with Gasteiger partial charge < -0.3 is 4.74 Å². The van der Waals surface area contributed by atoms with E-state index in [-0.39, 0.29) is 18.6 Å². The van der Waals surface area contributed by atoms with Gasteiger partial charge in [0.2, 0.25) is 0 Å². The van der Waals surface area contributed by atoms with E-state index in [9.17, 15) is 9.59 Å². The fourth-order valence-corrected chi connectivity index (χ4v) is 3.61. The molecule has 0 aromatic heterocycles. The van der Waals surface area contributed by atoms with Crippen molar-refractivity contribution in [3.05, 3.63) is 35.9 Å². The standard InChI is InChI=1S/C19H26N2O3/c1-19(2)17(22)20(16-12-8-3-4-9-13-16)21(19)18(23)24-14-15-10-6-5-7-11-15/h5-7,10-11,16H,3-4,8-9,12-14H2,1-2H3. The minimum absolute atomic E-state index is 0.0195. The van der Waals surface area contributed by atoms with Gasteiger partial charge in [-0.1, -0.05) is 56.0 Å². The lowest BCUT2D eigenvalue weighted by atomic mass is 9.94. The molecule has 2 aliphatic rings. The summed E-state index contributed by atoms with van der Waals surface area (Å²) in [7, 11) is 0. The van der Waals surface area contributed by atoms with Gasteiger partial charge >= 0.3 is 6.09 Å². The average Bonchev–Trinajstić information content (AvgIpc) is 2.86. The maximum absolute atomic E-state index is 12.6. The quantitative estimate of drug-likeness (QED) is 0.790. The number of hydrogen-bond donors (Lipinski definition) is 0. The Labute approximate surface area is 143 Å². The van der Waals surface area contributed by atoms with E-state index in [2.05, 4.69) is 0 Å². The van der Waals surface area contributed by atoms with Gasteiger partial charge in [-0.2, -0.15) is 0 Å². The van der Waals surface area contributed by atoms with Gasteiger partial charge in [0.25, 0.3) is 5.91 Å². The number of carbonyl (C=O) groups excluding carboxylic acids is 2. The van der Waals surface area contributed by atoms with Crippen molar-refractivity contribution in [2.45, 2.75) is 70.6 Å². The highest BCUT2D eigenvalue weighted by Gasteiger charge is 2.58. The van der Waals surface area contributed by atoms with Crippen molar-refractivity contribution >= 4 is 12.0 Å². The maximum atomic E-state index is 12.6. The number of nitrogens with zero attached hydrogens (tertiary/aromatic N) is 2. The van der Waals surface area contributed by atoms with Crippen LogP contribution in [0.2, 0.25) is 0 Å². The zero-order valence-corrected chi connectivity index (χ0v) is 14.5.